The van der Waals surface area contributed by atoms with Crippen LogP contribution in [0.2, 0.25) is 0 Å². The molecule has 4 heteroatoms. The zero-order valence-electron chi connectivity index (χ0n) is 12.2. The number of nitrogens with one attached hydrogen (secondary N) is 2. The molecule has 3 nitrogen and oxygen atoms in total. The van der Waals surface area contributed by atoms with Crippen molar-refractivity contribution in [2.75, 3.05) is 13.1 Å². The molecule has 0 unspecified atom stereocenters. The molecule has 0 heterocycles. The second-order valence-electron chi connectivity index (χ2n) is 5.82. The van der Waals surface area contributed by atoms with Crippen molar-refractivity contribution in [2.45, 2.75) is 38.6 Å². The van der Waals surface area contributed by atoms with Crippen LogP contribution in [0, 0.1) is 5.92 Å². The van der Waals surface area contributed by atoms with Crippen molar-refractivity contribution in [3.63, 3.8) is 0 Å². The van der Waals surface area contributed by atoms with Gasteiger partial charge in [0.05, 0.1) is 0 Å². The molecule has 1 fully saturated rings. The van der Waals surface area contributed by atoms with Gasteiger partial charge in [-0.2, -0.15) is 0 Å². The highest BCUT2D eigenvalue weighted by atomic mass is 79.9. The molecule has 1 amide bonds. The second kappa shape index (κ2) is 7.23. The van der Waals surface area contributed by atoms with Crippen molar-refractivity contribution < 1.29 is 4.79 Å². The first-order valence-electron chi connectivity index (χ1n) is 7.33. The summed E-state index contributed by atoms with van der Waals surface area (Å²) in [6.07, 6.45) is 2.38. The Balaban J connectivity index is 1.61. The Morgan fingerprint density at radius 2 is 2.10 bits per heavy atom. The van der Waals surface area contributed by atoms with E-state index in [0.29, 0.717) is 12.0 Å². The van der Waals surface area contributed by atoms with Crippen molar-refractivity contribution in [1.29, 1.82) is 0 Å². The first-order valence-corrected chi connectivity index (χ1v) is 8.12. The molecular weight excluding hydrogens is 316 g/mol. The van der Waals surface area contributed by atoms with Crippen molar-refractivity contribution in [1.82, 2.24) is 10.6 Å². The highest BCUT2D eigenvalue weighted by molar-refractivity contribution is 9.10. The molecule has 1 aromatic rings. The molecule has 2 N–H and O–H groups in total. The molecule has 1 aliphatic carbocycles. The van der Waals surface area contributed by atoms with Gasteiger partial charge in [0, 0.05) is 29.5 Å². The zero-order valence-corrected chi connectivity index (χ0v) is 13.7. The van der Waals surface area contributed by atoms with Gasteiger partial charge >= 0.3 is 0 Å². The van der Waals surface area contributed by atoms with E-state index < -0.39 is 0 Å². The molecule has 2 rings (SSSR count). The van der Waals surface area contributed by atoms with E-state index in [1.54, 1.807) is 0 Å². The van der Waals surface area contributed by atoms with Gasteiger partial charge in [0.15, 0.2) is 0 Å². The second-order valence-corrected chi connectivity index (χ2v) is 6.74. The van der Waals surface area contributed by atoms with Crippen LogP contribution in [0.4, 0.5) is 0 Å². The van der Waals surface area contributed by atoms with Gasteiger partial charge in [-0.1, -0.05) is 41.9 Å². The average molecular weight is 339 g/mol. The third kappa shape index (κ3) is 4.32. The molecule has 0 atom stereocenters. The molecule has 0 spiro atoms. The van der Waals surface area contributed by atoms with Gasteiger partial charge in [-0.15, -0.1) is 0 Å². The minimum Gasteiger partial charge on any atom is -0.355 e. The number of carbonyl (C=O) groups excluding carboxylic acids is 1. The first kappa shape index (κ1) is 15.5. The van der Waals surface area contributed by atoms with Crippen LogP contribution < -0.4 is 10.6 Å². The lowest BCUT2D eigenvalue weighted by Crippen LogP contribution is -2.43. The molecular formula is C16H23BrN2O. The third-order valence-corrected chi connectivity index (χ3v) is 4.33. The summed E-state index contributed by atoms with van der Waals surface area (Å²) in [5.41, 5.74) is 1.42. The van der Waals surface area contributed by atoms with Crippen LogP contribution in [-0.2, 0) is 4.79 Å². The lowest BCUT2D eigenvalue weighted by atomic mass is 9.76. The lowest BCUT2D eigenvalue weighted by molar-refractivity contribution is -0.123. The fourth-order valence-electron chi connectivity index (χ4n) is 2.48. The molecule has 20 heavy (non-hydrogen) atoms. The lowest BCUT2D eigenvalue weighted by Gasteiger charge is -2.36. The van der Waals surface area contributed by atoms with Crippen molar-refractivity contribution >= 4 is 21.8 Å². The maximum absolute atomic E-state index is 11.4. The zero-order chi connectivity index (χ0) is 14.5. The Morgan fingerprint density at radius 1 is 1.35 bits per heavy atom. The monoisotopic (exact) mass is 338 g/mol. The predicted octanol–water partition coefficient (Wildman–Crippen LogP) is 3.06. The summed E-state index contributed by atoms with van der Waals surface area (Å²) in [6.45, 7) is 5.40. The van der Waals surface area contributed by atoms with Gasteiger partial charge in [-0.3, -0.25) is 4.79 Å². The van der Waals surface area contributed by atoms with Gasteiger partial charge in [0.25, 0.3) is 0 Å². The Labute approximate surface area is 129 Å². The highest BCUT2D eigenvalue weighted by Crippen LogP contribution is 2.37. The Kier molecular flexibility index (Phi) is 5.61. The molecule has 0 aliphatic heterocycles. The summed E-state index contributed by atoms with van der Waals surface area (Å²) in [7, 11) is 0. The van der Waals surface area contributed by atoms with Gasteiger partial charge in [-0.25, -0.2) is 0 Å². The summed E-state index contributed by atoms with van der Waals surface area (Å²) >= 11 is 3.52. The third-order valence-electron chi connectivity index (χ3n) is 3.84. The molecule has 110 valence electrons. The van der Waals surface area contributed by atoms with E-state index in [1.165, 1.54) is 18.4 Å². The number of hydrogen-bond acceptors (Lipinski definition) is 2. The van der Waals surface area contributed by atoms with Crippen molar-refractivity contribution in [2.24, 2.45) is 5.92 Å². The van der Waals surface area contributed by atoms with Crippen LogP contribution in [0.3, 0.4) is 0 Å². The largest absolute Gasteiger partial charge is 0.355 e. The van der Waals surface area contributed by atoms with Crippen molar-refractivity contribution in [3.05, 3.63) is 34.3 Å². The van der Waals surface area contributed by atoms with E-state index in [4.69, 9.17) is 0 Å². The van der Waals surface area contributed by atoms with E-state index in [1.807, 2.05) is 13.8 Å². The minimum atomic E-state index is 0.0691. The van der Waals surface area contributed by atoms with Gasteiger partial charge in [0.1, 0.15) is 0 Å². The quantitative estimate of drug-likeness (QED) is 0.782. The first-order chi connectivity index (χ1) is 9.56. The van der Waals surface area contributed by atoms with Gasteiger partial charge < -0.3 is 10.6 Å². The number of halogens is 1. The molecule has 1 aromatic carbocycles. The summed E-state index contributed by atoms with van der Waals surface area (Å²) in [5.74, 6) is 0.877. The number of benzene rings is 1. The Hall–Kier alpha value is -0.870. The Morgan fingerprint density at radius 3 is 2.75 bits per heavy atom. The fourth-order valence-corrected chi connectivity index (χ4v) is 2.90. The summed E-state index contributed by atoms with van der Waals surface area (Å²) < 4.78 is 1.16. The molecule has 1 aliphatic rings. The molecule has 1 saturated carbocycles. The van der Waals surface area contributed by atoms with Crippen molar-refractivity contribution in [3.8, 4) is 0 Å². The van der Waals surface area contributed by atoms with E-state index in [0.717, 1.165) is 17.6 Å². The van der Waals surface area contributed by atoms with E-state index >= 15 is 0 Å². The van der Waals surface area contributed by atoms with E-state index in [2.05, 4.69) is 50.8 Å². The van der Waals surface area contributed by atoms with E-state index in [-0.39, 0.29) is 11.8 Å². The maximum atomic E-state index is 11.4. The van der Waals surface area contributed by atoms with E-state index in [9.17, 15) is 4.79 Å². The number of carbonyl (C=O) groups is 1. The standard InChI is InChI=1S/C16H23BrN2O/c1-11(2)16(20)19-7-6-18-15-9-13(10-15)12-4-3-5-14(17)8-12/h3-5,8,11,13,15,18H,6-7,9-10H2,1-2H3,(H,19,20). The number of rotatable bonds is 6. The molecule has 0 saturated heterocycles. The SMILES string of the molecule is CC(C)C(=O)NCCNC1CC(c2cccc(Br)c2)C1. The smallest absolute Gasteiger partial charge is 0.222 e. The molecule has 0 bridgehead atoms. The maximum Gasteiger partial charge on any atom is 0.222 e. The van der Waals surface area contributed by atoms with Crippen LogP contribution in [0.25, 0.3) is 0 Å². The van der Waals surface area contributed by atoms with Crippen LogP contribution in [-0.4, -0.2) is 25.0 Å². The van der Waals surface area contributed by atoms with Gasteiger partial charge in [0.2, 0.25) is 5.91 Å². The number of hydrogen-bond donors (Lipinski definition) is 2. The summed E-state index contributed by atoms with van der Waals surface area (Å²) in [5, 5.41) is 6.43. The molecule has 0 radical (unpaired) electrons. The topological polar surface area (TPSA) is 41.1 Å². The summed E-state index contributed by atoms with van der Waals surface area (Å²) in [6, 6.07) is 9.17. The van der Waals surface area contributed by atoms with Crippen LogP contribution in [0.1, 0.15) is 38.2 Å². The minimum absolute atomic E-state index is 0.0691. The number of amides is 1. The highest BCUT2D eigenvalue weighted by Gasteiger charge is 2.29. The average Bonchev–Trinajstić information content (AvgIpc) is 2.35. The molecule has 0 aromatic heterocycles. The summed E-state index contributed by atoms with van der Waals surface area (Å²) in [4.78, 5) is 11.4. The van der Waals surface area contributed by atoms with Gasteiger partial charge in [-0.05, 0) is 36.5 Å². The van der Waals surface area contributed by atoms with Crippen LogP contribution >= 0.6 is 15.9 Å². The van der Waals surface area contributed by atoms with Crippen LogP contribution in [0.5, 0.6) is 0 Å². The normalized spacial score (nSPS) is 21.6. The van der Waals surface area contributed by atoms with Crippen LogP contribution in [0.15, 0.2) is 28.7 Å². The fraction of sp³-hybridized carbons (Fsp3) is 0.562. The predicted molar refractivity (Wildman–Crippen MR) is 85.8 cm³/mol. The Bertz CT molecular complexity index is 456.